The lowest BCUT2D eigenvalue weighted by Crippen LogP contribution is -2.28. The SMILES string of the molecule is Cc1ccc(OCCCCn2c(C(C)NC(=O)c3cccnc3)nc3ccccc32)cc1. The number of unbranched alkanes of at least 4 members (excludes halogenated alkanes) is 1. The highest BCUT2D eigenvalue weighted by atomic mass is 16.5. The molecular formula is C26H28N4O2. The van der Waals surface area contributed by atoms with E-state index in [9.17, 15) is 4.79 Å². The molecule has 4 aromatic rings. The fraction of sp³-hybridized carbons (Fsp3) is 0.269. The van der Waals surface area contributed by atoms with Crippen LogP contribution >= 0.6 is 0 Å². The summed E-state index contributed by atoms with van der Waals surface area (Å²) < 4.78 is 8.06. The molecule has 0 saturated carbocycles. The largest absolute Gasteiger partial charge is 0.494 e. The lowest BCUT2D eigenvalue weighted by atomic mass is 10.2. The van der Waals surface area contributed by atoms with E-state index < -0.39 is 0 Å². The fourth-order valence-corrected chi connectivity index (χ4v) is 3.70. The zero-order chi connectivity index (χ0) is 22.3. The van der Waals surface area contributed by atoms with Crippen molar-refractivity contribution in [3.8, 4) is 5.75 Å². The Balaban J connectivity index is 1.41. The maximum atomic E-state index is 12.6. The highest BCUT2D eigenvalue weighted by molar-refractivity contribution is 5.94. The Hall–Kier alpha value is -3.67. The van der Waals surface area contributed by atoms with Gasteiger partial charge < -0.3 is 14.6 Å². The van der Waals surface area contributed by atoms with Crippen molar-refractivity contribution in [2.75, 3.05) is 6.61 Å². The van der Waals surface area contributed by atoms with Crippen LogP contribution in [0.5, 0.6) is 5.75 Å². The second-order valence-electron chi connectivity index (χ2n) is 7.92. The number of nitrogens with one attached hydrogen (secondary N) is 1. The molecule has 0 spiro atoms. The van der Waals surface area contributed by atoms with E-state index in [4.69, 9.17) is 9.72 Å². The van der Waals surface area contributed by atoms with Gasteiger partial charge in [0.15, 0.2) is 0 Å². The van der Waals surface area contributed by atoms with Crippen LogP contribution in [0, 0.1) is 6.92 Å². The summed E-state index contributed by atoms with van der Waals surface area (Å²) in [5, 5.41) is 3.05. The number of imidazole rings is 1. The highest BCUT2D eigenvalue weighted by Crippen LogP contribution is 2.22. The van der Waals surface area contributed by atoms with Crippen LogP contribution in [-0.4, -0.2) is 27.0 Å². The maximum absolute atomic E-state index is 12.6. The van der Waals surface area contributed by atoms with Crippen molar-refractivity contribution < 1.29 is 9.53 Å². The van der Waals surface area contributed by atoms with E-state index in [0.717, 1.165) is 42.0 Å². The Morgan fingerprint density at radius 1 is 1.06 bits per heavy atom. The molecule has 32 heavy (non-hydrogen) atoms. The van der Waals surface area contributed by atoms with Crippen molar-refractivity contribution in [1.29, 1.82) is 0 Å². The van der Waals surface area contributed by atoms with Crippen molar-refractivity contribution in [2.24, 2.45) is 0 Å². The van der Waals surface area contributed by atoms with Crippen LogP contribution in [0.1, 0.15) is 47.6 Å². The minimum atomic E-state index is -0.237. The molecule has 1 unspecified atom stereocenters. The van der Waals surface area contributed by atoms with E-state index >= 15 is 0 Å². The molecule has 1 N–H and O–H groups in total. The highest BCUT2D eigenvalue weighted by Gasteiger charge is 2.19. The Morgan fingerprint density at radius 2 is 1.88 bits per heavy atom. The molecule has 0 saturated heterocycles. The standard InChI is InChI=1S/C26H28N4O2/c1-19-11-13-22(14-12-19)32-17-6-5-16-30-24-10-4-3-9-23(24)29-25(30)20(2)28-26(31)21-8-7-15-27-18-21/h3-4,7-15,18,20H,5-6,16-17H2,1-2H3,(H,28,31). The quantitative estimate of drug-likeness (QED) is 0.377. The number of benzene rings is 2. The van der Waals surface area contributed by atoms with Crippen molar-refractivity contribution in [2.45, 2.75) is 39.3 Å². The number of aromatic nitrogens is 3. The summed E-state index contributed by atoms with van der Waals surface area (Å²) in [4.78, 5) is 21.4. The molecule has 4 rings (SSSR count). The van der Waals surface area contributed by atoms with Gasteiger partial charge in [-0.2, -0.15) is 0 Å². The van der Waals surface area contributed by atoms with Gasteiger partial charge in [0.05, 0.1) is 29.2 Å². The lowest BCUT2D eigenvalue weighted by Gasteiger charge is -2.16. The molecule has 2 heterocycles. The first kappa shape index (κ1) is 21.6. The normalized spacial score (nSPS) is 11.9. The molecule has 0 aliphatic rings. The molecule has 6 nitrogen and oxygen atoms in total. The average molecular weight is 429 g/mol. The maximum Gasteiger partial charge on any atom is 0.253 e. The molecule has 0 aliphatic heterocycles. The van der Waals surface area contributed by atoms with Crippen LogP contribution in [0.4, 0.5) is 0 Å². The number of nitrogens with zero attached hydrogens (tertiary/aromatic N) is 3. The third kappa shape index (κ3) is 5.14. The van der Waals surface area contributed by atoms with Crippen molar-refractivity contribution in [1.82, 2.24) is 19.9 Å². The van der Waals surface area contributed by atoms with Gasteiger partial charge in [-0.25, -0.2) is 4.98 Å². The summed E-state index contributed by atoms with van der Waals surface area (Å²) in [6.45, 7) is 5.50. The first-order valence-electron chi connectivity index (χ1n) is 11.0. The van der Waals surface area contributed by atoms with Gasteiger partial charge in [0.1, 0.15) is 11.6 Å². The number of ether oxygens (including phenoxy) is 1. The second kappa shape index (κ2) is 10.1. The first-order chi connectivity index (χ1) is 15.6. The number of hydrogen-bond acceptors (Lipinski definition) is 4. The smallest absolute Gasteiger partial charge is 0.253 e. The molecule has 0 aliphatic carbocycles. The third-order valence-corrected chi connectivity index (χ3v) is 5.41. The molecule has 0 bridgehead atoms. The van der Waals surface area contributed by atoms with Gasteiger partial charge in [-0.3, -0.25) is 9.78 Å². The average Bonchev–Trinajstić information content (AvgIpc) is 3.19. The monoisotopic (exact) mass is 428 g/mol. The number of fused-ring (bicyclic) bond motifs is 1. The summed E-state index contributed by atoms with van der Waals surface area (Å²) in [5.41, 5.74) is 3.77. The van der Waals surface area contributed by atoms with Crippen molar-refractivity contribution in [3.63, 3.8) is 0 Å². The van der Waals surface area contributed by atoms with Gasteiger partial charge in [0.25, 0.3) is 5.91 Å². The van der Waals surface area contributed by atoms with Crippen LogP contribution in [0.15, 0.2) is 73.1 Å². The molecule has 1 atom stereocenters. The van der Waals surface area contributed by atoms with Gasteiger partial charge in [-0.15, -0.1) is 0 Å². The summed E-state index contributed by atoms with van der Waals surface area (Å²) in [6, 6.07) is 19.5. The number of amides is 1. The summed E-state index contributed by atoms with van der Waals surface area (Å²) in [5.74, 6) is 1.59. The Labute approximate surface area is 188 Å². The van der Waals surface area contributed by atoms with Gasteiger partial charge in [-0.1, -0.05) is 29.8 Å². The predicted octanol–water partition coefficient (Wildman–Crippen LogP) is 5.09. The van der Waals surface area contributed by atoms with Crippen LogP contribution in [0.25, 0.3) is 11.0 Å². The zero-order valence-corrected chi connectivity index (χ0v) is 18.5. The molecule has 2 aromatic carbocycles. The molecular weight excluding hydrogens is 400 g/mol. The van der Waals surface area contributed by atoms with E-state index in [1.807, 2.05) is 37.3 Å². The number of pyridine rings is 1. The van der Waals surface area contributed by atoms with Crippen LogP contribution in [0.2, 0.25) is 0 Å². The van der Waals surface area contributed by atoms with Gasteiger partial charge >= 0.3 is 0 Å². The van der Waals surface area contributed by atoms with Gasteiger partial charge in [-0.05, 0) is 63.1 Å². The summed E-state index contributed by atoms with van der Waals surface area (Å²) in [6.07, 6.45) is 5.10. The summed E-state index contributed by atoms with van der Waals surface area (Å²) >= 11 is 0. The topological polar surface area (TPSA) is 69.0 Å². The third-order valence-electron chi connectivity index (χ3n) is 5.41. The van der Waals surface area contributed by atoms with E-state index in [1.54, 1.807) is 24.5 Å². The van der Waals surface area contributed by atoms with Gasteiger partial charge in [0.2, 0.25) is 0 Å². The Bertz CT molecular complexity index is 1170. The number of rotatable bonds is 9. The van der Waals surface area contributed by atoms with Crippen molar-refractivity contribution >= 4 is 16.9 Å². The molecule has 0 radical (unpaired) electrons. The molecule has 6 heteroatoms. The minimum Gasteiger partial charge on any atom is -0.494 e. The molecule has 2 aromatic heterocycles. The summed E-state index contributed by atoms with van der Waals surface area (Å²) in [7, 11) is 0. The van der Waals surface area contributed by atoms with E-state index in [0.29, 0.717) is 12.2 Å². The second-order valence-corrected chi connectivity index (χ2v) is 7.92. The van der Waals surface area contributed by atoms with E-state index in [-0.39, 0.29) is 11.9 Å². The first-order valence-corrected chi connectivity index (χ1v) is 11.0. The fourth-order valence-electron chi connectivity index (χ4n) is 3.70. The van der Waals surface area contributed by atoms with Gasteiger partial charge in [0, 0.05) is 18.9 Å². The number of aryl methyl sites for hydroxylation is 2. The predicted molar refractivity (Wildman–Crippen MR) is 126 cm³/mol. The Kier molecular flexibility index (Phi) is 6.80. The Morgan fingerprint density at radius 3 is 2.66 bits per heavy atom. The molecule has 164 valence electrons. The van der Waals surface area contributed by atoms with Crippen LogP contribution in [0.3, 0.4) is 0 Å². The number of hydrogen-bond donors (Lipinski definition) is 1. The number of carbonyl (C=O) groups is 1. The van der Waals surface area contributed by atoms with Crippen LogP contribution in [-0.2, 0) is 6.54 Å². The molecule has 1 amide bonds. The van der Waals surface area contributed by atoms with Crippen molar-refractivity contribution in [3.05, 3.63) is 90.0 Å². The molecule has 0 fully saturated rings. The van der Waals surface area contributed by atoms with Crippen LogP contribution < -0.4 is 10.1 Å². The minimum absolute atomic E-state index is 0.157. The zero-order valence-electron chi connectivity index (χ0n) is 18.5. The number of carbonyl (C=O) groups excluding carboxylic acids is 1. The van der Waals surface area contributed by atoms with E-state index in [2.05, 4.69) is 40.0 Å². The van der Waals surface area contributed by atoms with E-state index in [1.165, 1.54) is 5.56 Å². The lowest BCUT2D eigenvalue weighted by molar-refractivity contribution is 0.0937. The number of para-hydroxylation sites is 2.